The Kier molecular flexibility index (Phi) is 3.17. The summed E-state index contributed by atoms with van der Waals surface area (Å²) in [6.07, 6.45) is 1.78. The molecule has 1 aliphatic rings. The van der Waals surface area contributed by atoms with Crippen LogP contribution in [-0.2, 0) is 0 Å². The number of hydrogen-bond acceptors (Lipinski definition) is 3. The summed E-state index contributed by atoms with van der Waals surface area (Å²) < 4.78 is 12.6. The van der Waals surface area contributed by atoms with Crippen molar-refractivity contribution in [1.29, 1.82) is 0 Å². The van der Waals surface area contributed by atoms with E-state index >= 15 is 0 Å². The number of para-hydroxylation sites is 1. The number of fused-ring (bicyclic) bond motifs is 7. The van der Waals surface area contributed by atoms with Crippen LogP contribution in [0.3, 0.4) is 0 Å². The molecule has 0 spiro atoms. The quantitative estimate of drug-likeness (QED) is 0.318. The molecule has 132 valence electrons. The molecule has 0 N–H and O–H groups in total. The average molecular weight is 361 g/mol. The van der Waals surface area contributed by atoms with Gasteiger partial charge in [-0.15, -0.1) is 0 Å². The molecular weight excluding hydrogens is 346 g/mol. The first-order chi connectivity index (χ1) is 13.9. The number of pyridine rings is 1. The number of hydrogen-bond donors (Lipinski definition) is 0. The van der Waals surface area contributed by atoms with E-state index < -0.39 is 0 Å². The molecule has 0 bridgehead atoms. The Morgan fingerprint density at radius 2 is 1.39 bits per heavy atom. The minimum Gasteiger partial charge on any atom is -0.452 e. The molecule has 0 saturated heterocycles. The molecule has 28 heavy (non-hydrogen) atoms. The highest BCUT2D eigenvalue weighted by Gasteiger charge is 2.26. The number of rotatable bonds is 1. The second-order valence-electron chi connectivity index (χ2n) is 6.84. The largest absolute Gasteiger partial charge is 0.452 e. The monoisotopic (exact) mass is 361 g/mol. The van der Waals surface area contributed by atoms with Crippen molar-refractivity contribution in [2.75, 3.05) is 0 Å². The van der Waals surface area contributed by atoms with Gasteiger partial charge in [-0.2, -0.15) is 0 Å². The van der Waals surface area contributed by atoms with Gasteiger partial charge >= 0.3 is 0 Å². The van der Waals surface area contributed by atoms with Gasteiger partial charge in [0.1, 0.15) is 5.75 Å². The van der Waals surface area contributed by atoms with Crippen molar-refractivity contribution >= 4 is 11.0 Å². The summed E-state index contributed by atoms with van der Waals surface area (Å²) in [7, 11) is 0. The van der Waals surface area contributed by atoms with Crippen LogP contribution >= 0.6 is 0 Å². The molecule has 0 unspecified atom stereocenters. The Bertz CT molecular complexity index is 1340. The Balaban J connectivity index is 1.66. The summed E-state index contributed by atoms with van der Waals surface area (Å²) in [5.41, 5.74) is 5.88. The van der Waals surface area contributed by atoms with Crippen LogP contribution in [0, 0.1) is 0 Å². The lowest BCUT2D eigenvalue weighted by Gasteiger charge is -2.08. The fourth-order valence-corrected chi connectivity index (χ4v) is 3.83. The second kappa shape index (κ2) is 5.83. The molecule has 3 heteroatoms. The highest BCUT2D eigenvalue weighted by atomic mass is 16.5. The van der Waals surface area contributed by atoms with Crippen LogP contribution in [0.1, 0.15) is 0 Å². The fourth-order valence-electron chi connectivity index (χ4n) is 3.83. The van der Waals surface area contributed by atoms with E-state index in [9.17, 15) is 0 Å². The maximum absolute atomic E-state index is 6.41. The van der Waals surface area contributed by atoms with E-state index in [1.54, 1.807) is 6.20 Å². The molecule has 0 amide bonds. The number of nitrogens with zero attached hydrogens (tertiary/aromatic N) is 1. The van der Waals surface area contributed by atoms with Gasteiger partial charge in [0, 0.05) is 16.7 Å². The normalized spacial score (nSPS) is 11.9. The van der Waals surface area contributed by atoms with Crippen LogP contribution in [0.15, 0.2) is 95.5 Å². The third-order valence-corrected chi connectivity index (χ3v) is 5.16. The zero-order chi connectivity index (χ0) is 18.5. The minimum atomic E-state index is 0.721. The number of ether oxygens (including phenoxy) is 1. The Morgan fingerprint density at radius 1 is 0.679 bits per heavy atom. The van der Waals surface area contributed by atoms with E-state index in [4.69, 9.17) is 9.15 Å². The van der Waals surface area contributed by atoms with E-state index in [2.05, 4.69) is 35.3 Å². The van der Waals surface area contributed by atoms with Gasteiger partial charge in [0.2, 0.25) is 0 Å². The second-order valence-corrected chi connectivity index (χ2v) is 6.84. The van der Waals surface area contributed by atoms with Crippen LogP contribution in [0.25, 0.3) is 44.7 Å². The highest BCUT2D eigenvalue weighted by molar-refractivity contribution is 5.98. The highest BCUT2D eigenvalue weighted by Crippen LogP contribution is 2.50. The van der Waals surface area contributed by atoms with Gasteiger partial charge in [-0.1, -0.05) is 72.8 Å². The van der Waals surface area contributed by atoms with Gasteiger partial charge in [-0.05, 0) is 17.7 Å². The molecule has 3 aromatic carbocycles. The number of aromatic nitrogens is 1. The molecule has 3 heterocycles. The first-order valence-corrected chi connectivity index (χ1v) is 9.23. The third kappa shape index (κ3) is 2.20. The summed E-state index contributed by atoms with van der Waals surface area (Å²) >= 11 is 0. The van der Waals surface area contributed by atoms with E-state index in [1.807, 2.05) is 54.6 Å². The van der Waals surface area contributed by atoms with Crippen LogP contribution < -0.4 is 4.74 Å². The summed E-state index contributed by atoms with van der Waals surface area (Å²) in [4.78, 5) is 4.59. The molecule has 0 saturated carbocycles. The van der Waals surface area contributed by atoms with E-state index in [1.165, 1.54) is 0 Å². The summed E-state index contributed by atoms with van der Waals surface area (Å²) in [5, 5.41) is 0.926. The molecule has 1 aliphatic heterocycles. The Morgan fingerprint density at radius 3 is 2.25 bits per heavy atom. The molecule has 3 nitrogen and oxygen atoms in total. The van der Waals surface area contributed by atoms with Crippen LogP contribution in [0.5, 0.6) is 11.5 Å². The van der Waals surface area contributed by atoms with Gasteiger partial charge < -0.3 is 9.15 Å². The molecule has 0 atom stereocenters. The van der Waals surface area contributed by atoms with E-state index in [-0.39, 0.29) is 0 Å². The zero-order valence-electron chi connectivity index (χ0n) is 14.9. The topological polar surface area (TPSA) is 35.3 Å². The molecule has 0 fully saturated rings. The molecular formula is C25H15NO2. The minimum absolute atomic E-state index is 0.721. The zero-order valence-corrected chi connectivity index (χ0v) is 14.9. The van der Waals surface area contributed by atoms with Crippen molar-refractivity contribution < 1.29 is 9.15 Å². The summed E-state index contributed by atoms with van der Waals surface area (Å²) in [6.45, 7) is 0. The van der Waals surface area contributed by atoms with Crippen molar-refractivity contribution in [2.24, 2.45) is 0 Å². The number of furan rings is 1. The van der Waals surface area contributed by atoms with Crippen molar-refractivity contribution in [2.45, 2.75) is 0 Å². The van der Waals surface area contributed by atoms with Gasteiger partial charge in [-0.25, -0.2) is 0 Å². The lowest BCUT2D eigenvalue weighted by atomic mass is 9.98. The van der Waals surface area contributed by atoms with Gasteiger partial charge in [0.25, 0.3) is 0 Å². The Labute approximate surface area is 161 Å². The first-order valence-electron chi connectivity index (χ1n) is 9.23. The smallest absolute Gasteiger partial charge is 0.181 e. The third-order valence-electron chi connectivity index (χ3n) is 5.16. The van der Waals surface area contributed by atoms with Crippen LogP contribution in [-0.4, -0.2) is 4.98 Å². The predicted molar refractivity (Wildman–Crippen MR) is 110 cm³/mol. The van der Waals surface area contributed by atoms with Crippen molar-refractivity contribution in [3.05, 3.63) is 91.1 Å². The standard InChI is InChI=1S/C25H15NO2/c1-2-8-16(9-3-1)21-14-20-23(15-26-21)28-24-19-12-5-4-10-17(19)18-11-6-7-13-22(18)27-25(20)24/h1-15H. The molecule has 0 aliphatic carbocycles. The van der Waals surface area contributed by atoms with Crippen LogP contribution in [0.4, 0.5) is 0 Å². The van der Waals surface area contributed by atoms with Gasteiger partial charge in [0.05, 0.1) is 17.3 Å². The van der Waals surface area contributed by atoms with Crippen molar-refractivity contribution in [1.82, 2.24) is 4.98 Å². The maximum Gasteiger partial charge on any atom is 0.181 e. The summed E-state index contributed by atoms with van der Waals surface area (Å²) in [6, 6.07) is 28.5. The lowest BCUT2D eigenvalue weighted by molar-refractivity contribution is 0.481. The van der Waals surface area contributed by atoms with Crippen LogP contribution in [0.2, 0.25) is 0 Å². The lowest BCUT2D eigenvalue weighted by Crippen LogP contribution is -1.86. The summed E-state index contributed by atoms with van der Waals surface area (Å²) in [5.74, 6) is 2.32. The predicted octanol–water partition coefficient (Wildman–Crippen LogP) is 6.93. The van der Waals surface area contributed by atoms with Gasteiger partial charge in [0.15, 0.2) is 17.1 Å². The van der Waals surface area contributed by atoms with Crippen molar-refractivity contribution in [3.8, 4) is 45.2 Å². The molecule has 2 aromatic heterocycles. The average Bonchev–Trinajstić information content (AvgIpc) is 3.05. The molecule has 0 radical (unpaired) electrons. The molecule has 5 aromatic rings. The number of benzene rings is 3. The van der Waals surface area contributed by atoms with E-state index in [0.717, 1.165) is 56.2 Å². The Hall–Kier alpha value is -3.85. The maximum atomic E-state index is 6.41. The molecule has 6 rings (SSSR count). The van der Waals surface area contributed by atoms with E-state index in [0.29, 0.717) is 0 Å². The first kappa shape index (κ1) is 15.2. The van der Waals surface area contributed by atoms with Crippen molar-refractivity contribution in [3.63, 3.8) is 0 Å². The van der Waals surface area contributed by atoms with Gasteiger partial charge in [-0.3, -0.25) is 4.98 Å². The fraction of sp³-hybridized carbons (Fsp3) is 0. The SMILES string of the molecule is c1ccc(-c2cc3c4c(oc3cn2)-c2ccccc2-c2ccccc2O4)cc1.